The lowest BCUT2D eigenvalue weighted by Gasteiger charge is -2.23. The molecule has 0 saturated heterocycles. The van der Waals surface area contributed by atoms with Gasteiger partial charge in [0, 0.05) is 5.88 Å². The molecule has 0 aliphatic carbocycles. The van der Waals surface area contributed by atoms with E-state index in [2.05, 4.69) is 4.74 Å². The van der Waals surface area contributed by atoms with Crippen LogP contribution in [0.4, 0.5) is 0 Å². The van der Waals surface area contributed by atoms with Crippen LogP contribution in [0.5, 0.6) is 0 Å². The lowest BCUT2D eigenvalue weighted by Crippen LogP contribution is -2.30. The Bertz CT molecular complexity index is 156. The van der Waals surface area contributed by atoms with Crippen LogP contribution in [-0.2, 0) is 9.53 Å². The van der Waals surface area contributed by atoms with Gasteiger partial charge in [0.2, 0.25) is 0 Å². The van der Waals surface area contributed by atoms with Crippen molar-refractivity contribution in [1.29, 1.82) is 0 Å². The summed E-state index contributed by atoms with van der Waals surface area (Å²) in [5.74, 6) is -0.188. The molecule has 0 saturated carbocycles. The Kier molecular flexibility index (Phi) is 4.57. The van der Waals surface area contributed by atoms with Crippen molar-refractivity contribution in [3.63, 3.8) is 0 Å². The van der Waals surface area contributed by atoms with Crippen LogP contribution in [0.3, 0.4) is 0 Å². The van der Waals surface area contributed by atoms with Crippen molar-refractivity contribution in [3.8, 4) is 0 Å². The Hall–Kier alpha value is -0.280. The SMILES string of the molecule is COC(=O)C(C)(C)CC(O)CCl. The molecule has 72 valence electrons. The van der Waals surface area contributed by atoms with Gasteiger partial charge in [-0.2, -0.15) is 0 Å². The summed E-state index contributed by atoms with van der Waals surface area (Å²) in [7, 11) is 1.33. The molecule has 0 bridgehead atoms. The van der Waals surface area contributed by atoms with Crippen molar-refractivity contribution < 1.29 is 14.6 Å². The number of carbonyl (C=O) groups is 1. The smallest absolute Gasteiger partial charge is 0.311 e. The highest BCUT2D eigenvalue weighted by molar-refractivity contribution is 6.18. The summed E-state index contributed by atoms with van der Waals surface area (Å²) >= 11 is 5.40. The predicted molar refractivity (Wildman–Crippen MR) is 47.1 cm³/mol. The minimum absolute atomic E-state index is 0.139. The van der Waals surface area contributed by atoms with E-state index in [1.54, 1.807) is 13.8 Å². The molecule has 3 nitrogen and oxygen atoms in total. The molecule has 0 aromatic heterocycles. The van der Waals surface area contributed by atoms with E-state index in [-0.39, 0.29) is 11.8 Å². The van der Waals surface area contributed by atoms with Crippen LogP contribution in [0.25, 0.3) is 0 Å². The number of carbonyl (C=O) groups excluding carboxylic acids is 1. The van der Waals surface area contributed by atoms with Crippen molar-refractivity contribution in [1.82, 2.24) is 0 Å². The van der Waals surface area contributed by atoms with Crippen LogP contribution in [0.15, 0.2) is 0 Å². The summed E-state index contributed by atoms with van der Waals surface area (Å²) in [4.78, 5) is 11.1. The van der Waals surface area contributed by atoms with Crippen LogP contribution in [0, 0.1) is 5.41 Å². The largest absolute Gasteiger partial charge is 0.469 e. The number of esters is 1. The number of hydrogen-bond donors (Lipinski definition) is 1. The molecule has 0 spiro atoms. The second-order valence-corrected chi connectivity index (χ2v) is 3.70. The molecule has 0 amide bonds. The summed E-state index contributed by atoms with van der Waals surface area (Å²) < 4.78 is 4.57. The first kappa shape index (κ1) is 11.7. The van der Waals surface area contributed by atoms with Crippen LogP contribution in [0.1, 0.15) is 20.3 Å². The first-order valence-corrected chi connectivity index (χ1v) is 4.30. The third-order valence-electron chi connectivity index (χ3n) is 1.66. The van der Waals surface area contributed by atoms with E-state index in [0.29, 0.717) is 6.42 Å². The zero-order chi connectivity index (χ0) is 9.78. The fourth-order valence-electron chi connectivity index (χ4n) is 1.00. The number of halogens is 1. The summed E-state index contributed by atoms with van der Waals surface area (Å²) in [5, 5.41) is 9.20. The molecule has 4 heteroatoms. The maximum Gasteiger partial charge on any atom is 0.311 e. The summed E-state index contributed by atoms with van der Waals surface area (Å²) in [6, 6.07) is 0. The fraction of sp³-hybridized carbons (Fsp3) is 0.875. The average molecular weight is 195 g/mol. The topological polar surface area (TPSA) is 46.5 Å². The normalized spacial score (nSPS) is 14.1. The van der Waals surface area contributed by atoms with Gasteiger partial charge in [0.15, 0.2) is 0 Å². The van der Waals surface area contributed by atoms with E-state index in [4.69, 9.17) is 11.6 Å². The number of rotatable bonds is 4. The van der Waals surface area contributed by atoms with E-state index in [1.807, 2.05) is 0 Å². The number of aliphatic hydroxyl groups is 1. The lowest BCUT2D eigenvalue weighted by molar-refractivity contribution is -0.152. The molecule has 0 aromatic rings. The summed E-state index contributed by atoms with van der Waals surface area (Å²) in [5.41, 5.74) is -0.664. The number of hydrogen-bond acceptors (Lipinski definition) is 3. The first-order valence-electron chi connectivity index (χ1n) is 3.76. The van der Waals surface area contributed by atoms with Crippen LogP contribution in [0.2, 0.25) is 0 Å². The zero-order valence-corrected chi connectivity index (χ0v) is 8.39. The van der Waals surface area contributed by atoms with Crippen LogP contribution < -0.4 is 0 Å². The van der Waals surface area contributed by atoms with E-state index in [0.717, 1.165) is 0 Å². The molecule has 0 fully saturated rings. The molecule has 12 heavy (non-hydrogen) atoms. The highest BCUT2D eigenvalue weighted by Gasteiger charge is 2.30. The lowest BCUT2D eigenvalue weighted by atomic mass is 9.87. The number of aliphatic hydroxyl groups excluding tert-OH is 1. The summed E-state index contributed by atoms with van der Waals surface area (Å²) in [6.07, 6.45) is -0.329. The highest BCUT2D eigenvalue weighted by atomic mass is 35.5. The maximum absolute atomic E-state index is 11.1. The van der Waals surface area contributed by atoms with Gasteiger partial charge in [-0.3, -0.25) is 4.79 Å². The molecule has 0 rings (SSSR count). The van der Waals surface area contributed by atoms with Crippen molar-refractivity contribution in [2.75, 3.05) is 13.0 Å². The Balaban J connectivity index is 4.11. The van der Waals surface area contributed by atoms with Crippen LogP contribution >= 0.6 is 11.6 Å². The molecule has 1 atom stereocenters. The monoisotopic (exact) mass is 194 g/mol. The molecule has 0 aliphatic heterocycles. The van der Waals surface area contributed by atoms with Crippen molar-refractivity contribution in [2.24, 2.45) is 5.41 Å². The van der Waals surface area contributed by atoms with E-state index in [9.17, 15) is 9.90 Å². The second kappa shape index (κ2) is 4.67. The Labute approximate surface area is 77.7 Å². The molecule has 1 unspecified atom stereocenters. The van der Waals surface area contributed by atoms with E-state index in [1.165, 1.54) is 7.11 Å². The second-order valence-electron chi connectivity index (χ2n) is 3.39. The number of alkyl halides is 1. The van der Waals surface area contributed by atoms with Gasteiger partial charge in [-0.15, -0.1) is 11.6 Å². The quantitative estimate of drug-likeness (QED) is 0.540. The van der Waals surface area contributed by atoms with Crippen LogP contribution in [-0.4, -0.2) is 30.2 Å². The maximum atomic E-state index is 11.1. The van der Waals surface area contributed by atoms with Gasteiger partial charge in [0.25, 0.3) is 0 Å². The van der Waals surface area contributed by atoms with Crippen molar-refractivity contribution >= 4 is 17.6 Å². The Morgan fingerprint density at radius 1 is 1.67 bits per heavy atom. The van der Waals surface area contributed by atoms with Gasteiger partial charge in [0.05, 0.1) is 18.6 Å². The molecule has 0 heterocycles. The highest BCUT2D eigenvalue weighted by Crippen LogP contribution is 2.24. The minimum atomic E-state index is -0.664. The van der Waals surface area contributed by atoms with E-state index < -0.39 is 11.5 Å². The van der Waals surface area contributed by atoms with Gasteiger partial charge >= 0.3 is 5.97 Å². The first-order chi connectivity index (χ1) is 5.44. The fourth-order valence-corrected chi connectivity index (χ4v) is 1.11. The molecule has 1 N–H and O–H groups in total. The minimum Gasteiger partial charge on any atom is -0.469 e. The Morgan fingerprint density at radius 3 is 2.50 bits per heavy atom. The van der Waals surface area contributed by atoms with E-state index >= 15 is 0 Å². The number of ether oxygens (including phenoxy) is 1. The zero-order valence-electron chi connectivity index (χ0n) is 7.63. The summed E-state index contributed by atoms with van der Waals surface area (Å²) in [6.45, 7) is 3.43. The molecular formula is C8H15ClO3. The van der Waals surface area contributed by atoms with Gasteiger partial charge in [-0.05, 0) is 20.3 Å². The molecular weight excluding hydrogens is 180 g/mol. The molecule has 0 aromatic carbocycles. The standard InChI is InChI=1S/C8H15ClO3/c1-8(2,7(11)12-3)4-6(10)5-9/h6,10H,4-5H2,1-3H3. The van der Waals surface area contributed by atoms with Gasteiger partial charge in [-0.1, -0.05) is 0 Å². The Morgan fingerprint density at radius 2 is 2.17 bits per heavy atom. The van der Waals surface area contributed by atoms with Gasteiger partial charge in [-0.25, -0.2) is 0 Å². The molecule has 0 aliphatic rings. The third kappa shape index (κ3) is 3.41. The predicted octanol–water partition coefficient (Wildman–Crippen LogP) is 1.18. The van der Waals surface area contributed by atoms with Crippen molar-refractivity contribution in [2.45, 2.75) is 26.4 Å². The third-order valence-corrected chi connectivity index (χ3v) is 2.02. The van der Waals surface area contributed by atoms with Crippen molar-refractivity contribution in [3.05, 3.63) is 0 Å². The number of methoxy groups -OCH3 is 1. The average Bonchev–Trinajstić information content (AvgIpc) is 2.02. The molecule has 0 radical (unpaired) electrons. The van der Waals surface area contributed by atoms with Gasteiger partial charge < -0.3 is 9.84 Å². The van der Waals surface area contributed by atoms with Gasteiger partial charge in [0.1, 0.15) is 0 Å².